The minimum atomic E-state index is -0.820. The fourth-order valence-electron chi connectivity index (χ4n) is 0.231. The molecule has 0 spiro atoms. The van der Waals surface area contributed by atoms with Crippen LogP contribution in [-0.2, 0) is 4.74 Å². The van der Waals surface area contributed by atoms with Crippen molar-refractivity contribution in [2.24, 2.45) is 4.99 Å². The Bertz CT molecular complexity index is 163. The minimum Gasteiger partial charge on any atom is -0.444 e. The lowest BCUT2D eigenvalue weighted by atomic mass is 10.7. The van der Waals surface area contributed by atoms with E-state index in [0.29, 0.717) is 0 Å². The number of carbonyl (C=O) groups excluding carboxylic acids is 1. The van der Waals surface area contributed by atoms with Crippen molar-refractivity contribution < 1.29 is 9.53 Å². The van der Waals surface area contributed by atoms with Crippen LogP contribution in [0.5, 0.6) is 0 Å². The Morgan fingerprint density at radius 3 is 2.70 bits per heavy atom. The van der Waals surface area contributed by atoms with E-state index in [-0.39, 0.29) is 11.2 Å². The van der Waals surface area contributed by atoms with E-state index in [1.54, 1.807) is 0 Å². The van der Waals surface area contributed by atoms with Gasteiger partial charge < -0.3 is 4.74 Å². The van der Waals surface area contributed by atoms with E-state index in [2.05, 4.69) is 16.3 Å². The fourth-order valence-corrected chi connectivity index (χ4v) is 0.370. The summed E-state index contributed by atoms with van der Waals surface area (Å²) in [6.45, 7) is 3.42. The molecule has 0 aromatic carbocycles. The van der Waals surface area contributed by atoms with E-state index >= 15 is 0 Å². The molecule has 1 amide bonds. The van der Waals surface area contributed by atoms with Gasteiger partial charge in [-0.2, -0.15) is 4.99 Å². The van der Waals surface area contributed by atoms with Crippen LogP contribution < -0.4 is 0 Å². The molecule has 0 radical (unpaired) electrons. The highest BCUT2D eigenvalue weighted by molar-refractivity contribution is 6.95. The third-order valence-corrected chi connectivity index (χ3v) is 0.669. The molecular weight excluding hydrogens is 177 g/mol. The lowest BCUT2D eigenvalue weighted by molar-refractivity contribution is 0.170. The summed E-state index contributed by atoms with van der Waals surface area (Å²) in [6.07, 6.45) is 0.593. The molecule has 0 rings (SSSR count). The molecule has 5 heteroatoms. The summed E-state index contributed by atoms with van der Waals surface area (Å²) in [7, 11) is 0. The second kappa shape index (κ2) is 5.26. The summed E-state index contributed by atoms with van der Waals surface area (Å²) in [5.41, 5.74) is 0. The average molecular weight is 182 g/mol. The van der Waals surface area contributed by atoms with Crippen molar-refractivity contribution in [3.8, 4) is 0 Å². The first kappa shape index (κ1) is 9.46. The normalized spacial score (nSPS) is 8.20. The van der Waals surface area contributed by atoms with Gasteiger partial charge in [-0.3, -0.25) is 0 Å². The van der Waals surface area contributed by atoms with Gasteiger partial charge in [0.05, 0.1) is 0 Å². The minimum absolute atomic E-state index is 0.101. The van der Waals surface area contributed by atoms with E-state index in [1.807, 2.05) is 0 Å². The molecule has 10 heavy (non-hydrogen) atoms. The molecule has 0 aliphatic rings. The zero-order chi connectivity index (χ0) is 7.98. The highest BCUT2D eigenvalue weighted by Gasteiger charge is 1.97. The number of rotatable bonds is 2. The van der Waals surface area contributed by atoms with Crippen molar-refractivity contribution in [1.82, 2.24) is 0 Å². The largest absolute Gasteiger partial charge is 0.444 e. The predicted octanol–water partition coefficient (Wildman–Crippen LogP) is 2.14. The lowest BCUT2D eigenvalue weighted by Crippen LogP contribution is -1.98. The molecule has 0 aliphatic heterocycles. The molecule has 3 nitrogen and oxygen atoms in total. The van der Waals surface area contributed by atoms with Gasteiger partial charge in [-0.1, -0.05) is 12.7 Å². The van der Waals surface area contributed by atoms with Crippen LogP contribution in [0.3, 0.4) is 0 Å². The third-order valence-electron chi connectivity index (χ3n) is 0.500. The average Bonchev–Trinajstić information content (AvgIpc) is 1.82. The molecule has 0 saturated carbocycles. The van der Waals surface area contributed by atoms with Crippen molar-refractivity contribution >= 4 is 33.9 Å². The number of halogens is 2. The summed E-state index contributed by atoms with van der Waals surface area (Å²) in [5.74, 6) is 0. The van der Waals surface area contributed by atoms with Crippen LogP contribution in [0, 0.1) is 0 Å². The van der Waals surface area contributed by atoms with Crippen molar-refractivity contribution in [3.05, 3.63) is 12.7 Å². The standard InChI is InChI=1S/C5H5Cl2NO2/c1-2-3-10-5(9)8-4(6)7/h2H,1,3H2. The molecule has 0 aromatic heterocycles. The van der Waals surface area contributed by atoms with Crippen LogP contribution in [0.25, 0.3) is 0 Å². The van der Waals surface area contributed by atoms with Gasteiger partial charge in [0, 0.05) is 0 Å². The Balaban J connectivity index is 3.64. The van der Waals surface area contributed by atoms with Crippen LogP contribution in [-0.4, -0.2) is 17.3 Å². The maximum Gasteiger partial charge on any atom is 0.436 e. The van der Waals surface area contributed by atoms with Crippen molar-refractivity contribution in [2.75, 3.05) is 6.61 Å². The number of hydrogen-bond donors (Lipinski definition) is 0. The number of aliphatic imine (C=N–C) groups is 1. The Labute approximate surface area is 68.3 Å². The first-order valence-corrected chi connectivity index (χ1v) is 3.09. The molecule has 0 atom stereocenters. The van der Waals surface area contributed by atoms with Gasteiger partial charge in [0.25, 0.3) is 0 Å². The van der Waals surface area contributed by atoms with Gasteiger partial charge in [0.2, 0.25) is 4.63 Å². The molecule has 56 valence electrons. The van der Waals surface area contributed by atoms with Gasteiger partial charge >= 0.3 is 6.09 Å². The third kappa shape index (κ3) is 5.59. The van der Waals surface area contributed by atoms with Crippen LogP contribution in [0.1, 0.15) is 0 Å². The topological polar surface area (TPSA) is 38.7 Å². The molecular formula is C5H5Cl2NO2. The highest BCUT2D eigenvalue weighted by atomic mass is 35.5. The van der Waals surface area contributed by atoms with E-state index in [1.165, 1.54) is 6.08 Å². The van der Waals surface area contributed by atoms with Gasteiger partial charge in [-0.15, -0.1) is 0 Å². The Kier molecular flexibility index (Phi) is 4.98. The smallest absolute Gasteiger partial charge is 0.436 e. The van der Waals surface area contributed by atoms with E-state index in [9.17, 15) is 4.79 Å². The Morgan fingerprint density at radius 2 is 2.30 bits per heavy atom. The van der Waals surface area contributed by atoms with Crippen molar-refractivity contribution in [3.63, 3.8) is 0 Å². The molecule has 0 saturated heterocycles. The molecule has 0 fully saturated rings. The maximum absolute atomic E-state index is 10.4. The summed E-state index contributed by atoms with van der Waals surface area (Å²) in [5, 5.41) is 0. The first-order chi connectivity index (χ1) is 4.66. The maximum atomic E-state index is 10.4. The van der Waals surface area contributed by atoms with Crippen LogP contribution in [0.15, 0.2) is 17.6 Å². The van der Waals surface area contributed by atoms with Gasteiger partial charge in [0.15, 0.2) is 0 Å². The summed E-state index contributed by atoms with van der Waals surface area (Å²) >= 11 is 10.1. The van der Waals surface area contributed by atoms with Gasteiger partial charge in [-0.05, 0) is 23.2 Å². The van der Waals surface area contributed by atoms with Crippen LogP contribution in [0.2, 0.25) is 0 Å². The number of ether oxygens (including phenoxy) is 1. The van der Waals surface area contributed by atoms with Crippen LogP contribution >= 0.6 is 23.2 Å². The number of nitrogens with zero attached hydrogens (tertiary/aromatic N) is 1. The van der Waals surface area contributed by atoms with Crippen LogP contribution in [0.4, 0.5) is 4.79 Å². The fraction of sp³-hybridized carbons (Fsp3) is 0.200. The van der Waals surface area contributed by atoms with E-state index in [0.717, 1.165) is 0 Å². The monoisotopic (exact) mass is 181 g/mol. The van der Waals surface area contributed by atoms with Gasteiger partial charge in [-0.25, -0.2) is 4.79 Å². The van der Waals surface area contributed by atoms with Crippen molar-refractivity contribution in [1.29, 1.82) is 0 Å². The summed E-state index contributed by atoms with van der Waals surface area (Å²) < 4.78 is 4.02. The molecule has 0 bridgehead atoms. The predicted molar refractivity (Wildman–Crippen MR) is 40.7 cm³/mol. The van der Waals surface area contributed by atoms with Crippen molar-refractivity contribution in [2.45, 2.75) is 0 Å². The highest BCUT2D eigenvalue weighted by Crippen LogP contribution is 1.94. The van der Waals surface area contributed by atoms with E-state index in [4.69, 9.17) is 23.2 Å². The Hall–Kier alpha value is -0.540. The number of carbonyl (C=O) groups is 1. The second-order valence-corrected chi connectivity index (χ2v) is 2.13. The molecule has 0 unspecified atom stereocenters. The second-order valence-electron chi connectivity index (χ2n) is 1.22. The van der Waals surface area contributed by atoms with Gasteiger partial charge in [0.1, 0.15) is 6.61 Å². The quantitative estimate of drug-likeness (QED) is 0.484. The number of hydrogen-bond acceptors (Lipinski definition) is 2. The zero-order valence-electron chi connectivity index (χ0n) is 5.01. The molecule has 0 aromatic rings. The Morgan fingerprint density at radius 1 is 1.70 bits per heavy atom. The molecule has 0 N–H and O–H groups in total. The molecule has 0 heterocycles. The lowest BCUT2D eigenvalue weighted by Gasteiger charge is -1.92. The summed E-state index contributed by atoms with van der Waals surface area (Å²) in [4.78, 5) is 13.4. The first-order valence-electron chi connectivity index (χ1n) is 2.34. The summed E-state index contributed by atoms with van der Waals surface area (Å²) in [6, 6.07) is 0. The van der Waals surface area contributed by atoms with E-state index < -0.39 is 6.09 Å². The molecule has 0 aliphatic carbocycles. The number of amides is 1. The zero-order valence-corrected chi connectivity index (χ0v) is 6.52. The SMILES string of the molecule is C=CCOC(=O)N=C(Cl)Cl.